The molecule has 1 N–H and O–H groups in total. The highest BCUT2D eigenvalue weighted by Gasteiger charge is 2.17. The van der Waals surface area contributed by atoms with Crippen molar-refractivity contribution in [2.24, 2.45) is 0 Å². The summed E-state index contributed by atoms with van der Waals surface area (Å²) in [6.45, 7) is 22.0. The Bertz CT molecular complexity index is 1790. The molecule has 3 aromatic carbocycles. The zero-order valence-corrected chi connectivity index (χ0v) is 27.1. The average molecular weight is 558 g/mol. The lowest BCUT2D eigenvalue weighted by Crippen LogP contribution is -2.13. The van der Waals surface area contributed by atoms with E-state index in [2.05, 4.69) is 156 Å². The smallest absolute Gasteiger partial charge is 0.0742 e. The third-order valence-electron chi connectivity index (χ3n) is 7.45. The van der Waals surface area contributed by atoms with Gasteiger partial charge in [-0.1, -0.05) is 117 Å². The molecule has 0 unspecified atom stereocenters. The van der Waals surface area contributed by atoms with Crippen LogP contribution in [0.4, 0.5) is 0 Å². The Labute approximate surface area is 252 Å². The van der Waals surface area contributed by atoms with Crippen LogP contribution in [-0.4, -0.2) is 15.0 Å². The van der Waals surface area contributed by atoms with Gasteiger partial charge in [0.15, 0.2) is 0 Å². The van der Waals surface area contributed by atoms with E-state index in [1.807, 2.05) is 25.3 Å². The maximum atomic E-state index is 4.65. The van der Waals surface area contributed by atoms with Crippen LogP contribution in [0.15, 0.2) is 97.2 Å². The number of nitrogens with zero attached hydrogens (tertiary/aromatic N) is 2. The standard InChI is InChI=1S/C14H17N.C13H15N.C12H15N/c1-10-8-9-11-6-5-7-12(13(11)15-10)14(2,3)4;1-13(2,3)12-9-8-10-6-4-5-7-11(10)14-12;1-12(2,3)10-4-5-11-9(8-10)6-7-13-11/h5-9H,1-4H3;4-9H,1-3H3;4-8,13H,1-3H3. The number of hydrogen-bond acceptors (Lipinski definition) is 2. The Kier molecular flexibility index (Phi) is 8.92. The van der Waals surface area contributed by atoms with Gasteiger partial charge < -0.3 is 4.98 Å². The van der Waals surface area contributed by atoms with Crippen LogP contribution in [-0.2, 0) is 16.2 Å². The van der Waals surface area contributed by atoms with Gasteiger partial charge in [0.2, 0.25) is 0 Å². The third-order valence-corrected chi connectivity index (χ3v) is 7.45. The van der Waals surface area contributed by atoms with Crippen molar-refractivity contribution in [1.29, 1.82) is 0 Å². The Morgan fingerprint density at radius 3 is 1.93 bits per heavy atom. The molecule has 0 bridgehead atoms. The number of nitrogens with one attached hydrogen (secondary N) is 1. The molecule has 0 amide bonds. The summed E-state index contributed by atoms with van der Waals surface area (Å²) in [5.41, 5.74) is 8.91. The van der Waals surface area contributed by atoms with E-state index in [0.29, 0.717) is 0 Å². The van der Waals surface area contributed by atoms with Gasteiger partial charge in [0.25, 0.3) is 0 Å². The molecule has 3 heterocycles. The van der Waals surface area contributed by atoms with E-state index in [4.69, 9.17) is 0 Å². The number of hydrogen-bond donors (Lipinski definition) is 1. The molecule has 0 atom stereocenters. The molecule has 0 radical (unpaired) electrons. The van der Waals surface area contributed by atoms with Crippen molar-refractivity contribution < 1.29 is 0 Å². The van der Waals surface area contributed by atoms with Gasteiger partial charge in [-0.05, 0) is 70.7 Å². The number of benzene rings is 3. The molecule has 0 aliphatic rings. The molecule has 6 aromatic rings. The van der Waals surface area contributed by atoms with Crippen molar-refractivity contribution in [2.45, 2.75) is 85.5 Å². The van der Waals surface area contributed by atoms with Crippen LogP contribution >= 0.6 is 0 Å². The second-order valence-electron chi connectivity index (χ2n) is 14.2. The first-order valence-electron chi connectivity index (χ1n) is 14.9. The van der Waals surface area contributed by atoms with Crippen molar-refractivity contribution >= 4 is 32.7 Å². The minimum atomic E-state index is 0.129. The van der Waals surface area contributed by atoms with Crippen LogP contribution in [0.3, 0.4) is 0 Å². The summed E-state index contributed by atoms with van der Waals surface area (Å²) in [6, 6.07) is 31.8. The molecule has 0 fully saturated rings. The van der Waals surface area contributed by atoms with Crippen LogP contribution < -0.4 is 0 Å². The first-order chi connectivity index (χ1) is 19.6. The topological polar surface area (TPSA) is 41.6 Å². The Balaban J connectivity index is 0.000000145. The summed E-state index contributed by atoms with van der Waals surface area (Å²) in [6.07, 6.45) is 1.98. The Hall–Kier alpha value is -3.98. The van der Waals surface area contributed by atoms with Crippen LogP contribution in [0.25, 0.3) is 32.7 Å². The molecular weight excluding hydrogens is 510 g/mol. The number of aromatic nitrogens is 3. The maximum Gasteiger partial charge on any atom is 0.0742 e. The molecule has 0 saturated heterocycles. The van der Waals surface area contributed by atoms with Crippen molar-refractivity contribution in [2.75, 3.05) is 0 Å². The van der Waals surface area contributed by atoms with E-state index in [9.17, 15) is 0 Å². The molecule has 0 spiro atoms. The van der Waals surface area contributed by atoms with E-state index in [1.54, 1.807) is 0 Å². The summed E-state index contributed by atoms with van der Waals surface area (Å²) in [7, 11) is 0. The van der Waals surface area contributed by atoms with Crippen LogP contribution in [0.1, 0.15) is 84.8 Å². The third kappa shape index (κ3) is 7.64. The number of pyridine rings is 2. The van der Waals surface area contributed by atoms with Crippen LogP contribution in [0.2, 0.25) is 0 Å². The predicted octanol–water partition coefficient (Wildman–Crippen LogP) is 10.8. The predicted molar refractivity (Wildman–Crippen MR) is 183 cm³/mol. The van der Waals surface area contributed by atoms with E-state index in [-0.39, 0.29) is 16.2 Å². The van der Waals surface area contributed by atoms with Crippen molar-refractivity contribution in [3.8, 4) is 0 Å². The number of para-hydroxylation sites is 2. The quantitative estimate of drug-likeness (QED) is 0.202. The first kappa shape index (κ1) is 31.0. The van der Waals surface area contributed by atoms with Gasteiger partial charge in [-0.25, -0.2) is 0 Å². The highest BCUT2D eigenvalue weighted by Crippen LogP contribution is 2.29. The molecule has 0 aliphatic carbocycles. The molecule has 6 rings (SSSR count). The molecule has 0 saturated carbocycles. The van der Waals surface area contributed by atoms with Gasteiger partial charge in [-0.3, -0.25) is 9.97 Å². The SMILES string of the molecule is CC(C)(C)c1ccc2[nH]ccc2c1.CC(C)(C)c1ccc2ccccc2n1.Cc1ccc2cccc(C(C)(C)C)c2n1. The average Bonchev–Trinajstić information content (AvgIpc) is 3.40. The zero-order valence-electron chi connectivity index (χ0n) is 27.1. The van der Waals surface area contributed by atoms with Crippen molar-refractivity contribution in [1.82, 2.24) is 15.0 Å². The highest BCUT2D eigenvalue weighted by atomic mass is 14.7. The lowest BCUT2D eigenvalue weighted by molar-refractivity contribution is 0.571. The normalized spacial score (nSPS) is 12.0. The number of aryl methyl sites for hydroxylation is 1. The van der Waals surface area contributed by atoms with Crippen molar-refractivity contribution in [3.63, 3.8) is 0 Å². The fraction of sp³-hybridized carbons (Fsp3) is 0.333. The molecule has 3 nitrogen and oxygen atoms in total. The van der Waals surface area contributed by atoms with E-state index in [0.717, 1.165) is 22.4 Å². The fourth-order valence-corrected chi connectivity index (χ4v) is 4.85. The minimum absolute atomic E-state index is 0.129. The summed E-state index contributed by atoms with van der Waals surface area (Å²) in [5.74, 6) is 0. The Morgan fingerprint density at radius 1 is 0.548 bits per heavy atom. The second-order valence-corrected chi connectivity index (χ2v) is 14.2. The molecular formula is C39H47N3. The molecule has 42 heavy (non-hydrogen) atoms. The zero-order chi connectivity index (χ0) is 30.7. The summed E-state index contributed by atoms with van der Waals surface area (Å²) >= 11 is 0. The number of H-pyrrole nitrogens is 1. The second kappa shape index (κ2) is 12.1. The first-order valence-corrected chi connectivity index (χ1v) is 14.9. The van der Waals surface area contributed by atoms with E-state index >= 15 is 0 Å². The van der Waals surface area contributed by atoms with Gasteiger partial charge in [0, 0.05) is 39.3 Å². The summed E-state index contributed by atoms with van der Waals surface area (Å²) in [4.78, 5) is 12.5. The van der Waals surface area contributed by atoms with Crippen molar-refractivity contribution in [3.05, 3.63) is 120 Å². The molecule has 218 valence electrons. The van der Waals surface area contributed by atoms with Gasteiger partial charge in [-0.2, -0.15) is 0 Å². The lowest BCUT2D eigenvalue weighted by Gasteiger charge is -2.20. The van der Waals surface area contributed by atoms with E-state index in [1.165, 1.54) is 32.8 Å². The lowest BCUT2D eigenvalue weighted by atomic mass is 9.85. The molecule has 3 heteroatoms. The van der Waals surface area contributed by atoms with Crippen LogP contribution in [0, 0.1) is 6.92 Å². The van der Waals surface area contributed by atoms with Gasteiger partial charge in [0.05, 0.1) is 11.0 Å². The fourth-order valence-electron chi connectivity index (χ4n) is 4.85. The van der Waals surface area contributed by atoms with Gasteiger partial charge in [-0.15, -0.1) is 0 Å². The Morgan fingerprint density at radius 2 is 1.24 bits per heavy atom. The van der Waals surface area contributed by atoms with Gasteiger partial charge >= 0.3 is 0 Å². The van der Waals surface area contributed by atoms with Crippen LogP contribution in [0.5, 0.6) is 0 Å². The molecule has 3 aromatic heterocycles. The summed E-state index contributed by atoms with van der Waals surface area (Å²) in [5, 5.41) is 3.74. The highest BCUT2D eigenvalue weighted by molar-refractivity contribution is 5.83. The van der Waals surface area contributed by atoms with E-state index < -0.39 is 0 Å². The number of fused-ring (bicyclic) bond motifs is 3. The number of aromatic amines is 1. The summed E-state index contributed by atoms with van der Waals surface area (Å²) < 4.78 is 0. The minimum Gasteiger partial charge on any atom is -0.361 e. The maximum absolute atomic E-state index is 4.65. The molecule has 0 aliphatic heterocycles. The monoisotopic (exact) mass is 557 g/mol. The largest absolute Gasteiger partial charge is 0.361 e. The number of rotatable bonds is 0. The van der Waals surface area contributed by atoms with Gasteiger partial charge in [0.1, 0.15) is 0 Å².